The standard InChI is InChI=1S/C18H26N2O3/c1-14(13-20-6-8-23-9-7-20)12-19-17(21)18(22)10-15-4-2-3-5-16(15)11-18/h2-5,14,22H,6-13H2,1H3,(H,19,21)/t14-/m1/s1. The molecule has 1 saturated heterocycles. The van der Waals surface area contributed by atoms with E-state index in [2.05, 4.69) is 17.1 Å². The third-order valence-electron chi connectivity index (χ3n) is 4.79. The number of nitrogens with zero attached hydrogens (tertiary/aromatic N) is 1. The molecule has 0 bridgehead atoms. The molecule has 2 aliphatic rings. The summed E-state index contributed by atoms with van der Waals surface area (Å²) in [6, 6.07) is 7.88. The Balaban J connectivity index is 1.48. The van der Waals surface area contributed by atoms with E-state index >= 15 is 0 Å². The van der Waals surface area contributed by atoms with E-state index in [1.165, 1.54) is 0 Å². The molecule has 1 atom stereocenters. The fraction of sp³-hybridized carbons (Fsp3) is 0.611. The third kappa shape index (κ3) is 3.91. The van der Waals surface area contributed by atoms with Crippen molar-refractivity contribution in [3.8, 4) is 0 Å². The minimum atomic E-state index is -1.29. The molecule has 0 aromatic heterocycles. The van der Waals surface area contributed by atoms with E-state index in [1.807, 2.05) is 24.3 Å². The van der Waals surface area contributed by atoms with Crippen molar-refractivity contribution in [1.82, 2.24) is 10.2 Å². The van der Waals surface area contributed by atoms with E-state index < -0.39 is 5.60 Å². The highest BCUT2D eigenvalue weighted by Gasteiger charge is 2.41. The lowest BCUT2D eigenvalue weighted by atomic mass is 9.99. The molecule has 1 heterocycles. The first-order valence-electron chi connectivity index (χ1n) is 8.44. The number of aliphatic hydroxyl groups is 1. The van der Waals surface area contributed by atoms with Gasteiger partial charge in [0.1, 0.15) is 0 Å². The summed E-state index contributed by atoms with van der Waals surface area (Å²) in [5.41, 5.74) is 0.862. The molecule has 126 valence electrons. The van der Waals surface area contributed by atoms with Gasteiger partial charge in [-0.1, -0.05) is 31.2 Å². The zero-order valence-corrected chi connectivity index (χ0v) is 13.8. The molecule has 1 amide bonds. The van der Waals surface area contributed by atoms with Crippen LogP contribution in [0.3, 0.4) is 0 Å². The molecule has 5 nitrogen and oxygen atoms in total. The Morgan fingerprint density at radius 2 is 1.91 bits per heavy atom. The first-order chi connectivity index (χ1) is 11.1. The van der Waals surface area contributed by atoms with E-state index in [4.69, 9.17) is 4.74 Å². The van der Waals surface area contributed by atoms with Crippen molar-refractivity contribution in [2.75, 3.05) is 39.4 Å². The first kappa shape index (κ1) is 16.4. The average molecular weight is 318 g/mol. The van der Waals surface area contributed by atoms with Gasteiger partial charge in [0.05, 0.1) is 13.2 Å². The number of benzene rings is 1. The van der Waals surface area contributed by atoms with Crippen molar-refractivity contribution in [2.24, 2.45) is 5.92 Å². The largest absolute Gasteiger partial charge is 0.379 e. The lowest BCUT2D eigenvalue weighted by Gasteiger charge is -2.29. The van der Waals surface area contributed by atoms with Crippen molar-refractivity contribution in [1.29, 1.82) is 0 Å². The Bertz CT molecular complexity index is 530. The Labute approximate surface area is 137 Å². The van der Waals surface area contributed by atoms with Crippen molar-refractivity contribution in [3.63, 3.8) is 0 Å². The SMILES string of the molecule is C[C@H](CNC(=O)C1(O)Cc2ccccc2C1)CN1CCOCC1. The van der Waals surface area contributed by atoms with Crippen molar-refractivity contribution >= 4 is 5.91 Å². The highest BCUT2D eigenvalue weighted by atomic mass is 16.5. The number of hydrogen-bond acceptors (Lipinski definition) is 4. The molecule has 5 heteroatoms. The smallest absolute Gasteiger partial charge is 0.252 e. The number of carbonyl (C=O) groups excluding carboxylic acids is 1. The topological polar surface area (TPSA) is 61.8 Å². The van der Waals surface area contributed by atoms with Gasteiger partial charge in [-0.15, -0.1) is 0 Å². The minimum absolute atomic E-state index is 0.248. The normalized spacial score (nSPS) is 21.7. The Kier molecular flexibility index (Phi) is 4.99. The van der Waals surface area contributed by atoms with Crippen molar-refractivity contribution in [3.05, 3.63) is 35.4 Å². The molecule has 1 fully saturated rings. The molecule has 0 radical (unpaired) electrons. The summed E-state index contributed by atoms with van der Waals surface area (Å²) in [5.74, 6) is 0.104. The summed E-state index contributed by atoms with van der Waals surface area (Å²) in [6.07, 6.45) is 0.819. The molecular weight excluding hydrogens is 292 g/mol. The van der Waals surface area contributed by atoms with Gasteiger partial charge in [0.2, 0.25) is 0 Å². The molecule has 1 aromatic rings. The molecule has 1 aliphatic carbocycles. The van der Waals surface area contributed by atoms with E-state index in [-0.39, 0.29) is 5.91 Å². The number of hydrogen-bond donors (Lipinski definition) is 2. The van der Waals surface area contributed by atoms with Gasteiger partial charge in [-0.3, -0.25) is 9.69 Å². The Morgan fingerprint density at radius 1 is 1.30 bits per heavy atom. The molecular formula is C18H26N2O3. The summed E-state index contributed by atoms with van der Waals surface area (Å²) in [7, 11) is 0. The third-order valence-corrected chi connectivity index (χ3v) is 4.79. The second kappa shape index (κ2) is 6.99. The highest BCUT2D eigenvalue weighted by molar-refractivity contribution is 5.86. The first-order valence-corrected chi connectivity index (χ1v) is 8.44. The Hall–Kier alpha value is -1.43. The molecule has 3 rings (SSSR count). The average Bonchev–Trinajstić information content (AvgIpc) is 2.91. The van der Waals surface area contributed by atoms with Crippen LogP contribution in [0.5, 0.6) is 0 Å². The zero-order chi connectivity index (χ0) is 16.3. The van der Waals surface area contributed by atoms with Gasteiger partial charge in [0, 0.05) is 39.0 Å². The molecule has 1 aliphatic heterocycles. The van der Waals surface area contributed by atoms with Gasteiger partial charge in [-0.2, -0.15) is 0 Å². The second-order valence-electron chi connectivity index (χ2n) is 6.88. The summed E-state index contributed by atoms with van der Waals surface area (Å²) in [6.45, 7) is 7.16. The molecule has 1 aromatic carbocycles. The van der Waals surface area contributed by atoms with Gasteiger partial charge >= 0.3 is 0 Å². The minimum Gasteiger partial charge on any atom is -0.379 e. The van der Waals surface area contributed by atoms with Crippen LogP contribution < -0.4 is 5.32 Å². The van der Waals surface area contributed by atoms with Crippen LogP contribution >= 0.6 is 0 Å². The van der Waals surface area contributed by atoms with Gasteiger partial charge in [-0.25, -0.2) is 0 Å². The number of ether oxygens (including phenoxy) is 1. The van der Waals surface area contributed by atoms with Crippen LogP contribution in [-0.4, -0.2) is 60.9 Å². The van der Waals surface area contributed by atoms with Gasteiger partial charge < -0.3 is 15.2 Å². The van der Waals surface area contributed by atoms with E-state index in [0.717, 1.165) is 44.0 Å². The number of nitrogens with one attached hydrogen (secondary N) is 1. The fourth-order valence-corrected chi connectivity index (χ4v) is 3.48. The van der Waals surface area contributed by atoms with Crippen LogP contribution in [0.15, 0.2) is 24.3 Å². The van der Waals surface area contributed by atoms with Crippen LogP contribution in [0.1, 0.15) is 18.1 Å². The number of carbonyl (C=O) groups is 1. The van der Waals surface area contributed by atoms with E-state index in [9.17, 15) is 9.90 Å². The van der Waals surface area contributed by atoms with Crippen LogP contribution in [-0.2, 0) is 22.4 Å². The summed E-state index contributed by atoms with van der Waals surface area (Å²) < 4.78 is 5.35. The highest BCUT2D eigenvalue weighted by Crippen LogP contribution is 2.30. The molecule has 0 unspecified atom stereocenters. The Morgan fingerprint density at radius 3 is 2.52 bits per heavy atom. The number of rotatable bonds is 5. The number of fused-ring (bicyclic) bond motifs is 1. The predicted octanol–water partition coefficient (Wildman–Crippen LogP) is 0.601. The quantitative estimate of drug-likeness (QED) is 0.835. The summed E-state index contributed by atoms with van der Waals surface area (Å²) >= 11 is 0. The number of amides is 1. The van der Waals surface area contributed by atoms with E-state index in [1.54, 1.807) is 0 Å². The lowest BCUT2D eigenvalue weighted by molar-refractivity contribution is -0.139. The maximum atomic E-state index is 12.4. The van der Waals surface area contributed by atoms with Crippen LogP contribution in [0, 0.1) is 5.92 Å². The second-order valence-corrected chi connectivity index (χ2v) is 6.88. The molecule has 0 spiro atoms. The zero-order valence-electron chi connectivity index (χ0n) is 13.8. The van der Waals surface area contributed by atoms with Gasteiger partial charge in [-0.05, 0) is 17.0 Å². The monoisotopic (exact) mass is 318 g/mol. The van der Waals surface area contributed by atoms with Crippen molar-refractivity contribution in [2.45, 2.75) is 25.4 Å². The molecule has 23 heavy (non-hydrogen) atoms. The predicted molar refractivity (Wildman–Crippen MR) is 88.2 cm³/mol. The fourth-order valence-electron chi connectivity index (χ4n) is 3.48. The van der Waals surface area contributed by atoms with Crippen LogP contribution in [0.2, 0.25) is 0 Å². The maximum Gasteiger partial charge on any atom is 0.252 e. The van der Waals surface area contributed by atoms with Crippen molar-refractivity contribution < 1.29 is 14.6 Å². The lowest BCUT2D eigenvalue weighted by Crippen LogP contribution is -2.49. The number of morpholine rings is 1. The van der Waals surface area contributed by atoms with Gasteiger partial charge in [0.15, 0.2) is 5.60 Å². The van der Waals surface area contributed by atoms with Crippen LogP contribution in [0.25, 0.3) is 0 Å². The molecule has 0 saturated carbocycles. The molecule has 2 N–H and O–H groups in total. The summed E-state index contributed by atoms with van der Waals surface area (Å²) in [4.78, 5) is 14.8. The maximum absolute atomic E-state index is 12.4. The van der Waals surface area contributed by atoms with E-state index in [0.29, 0.717) is 25.3 Å². The summed E-state index contributed by atoms with van der Waals surface area (Å²) in [5, 5.41) is 13.6. The van der Waals surface area contributed by atoms with Crippen LogP contribution in [0.4, 0.5) is 0 Å². The van der Waals surface area contributed by atoms with Gasteiger partial charge in [0.25, 0.3) is 5.91 Å².